The van der Waals surface area contributed by atoms with Crippen molar-refractivity contribution >= 4 is 16.8 Å². The molecule has 0 unspecified atom stereocenters. The number of nitrogens with zero attached hydrogens (tertiary/aromatic N) is 2. The van der Waals surface area contributed by atoms with E-state index < -0.39 is 0 Å². The van der Waals surface area contributed by atoms with Crippen LogP contribution in [0.5, 0.6) is 0 Å². The van der Waals surface area contributed by atoms with Crippen LogP contribution in [0.15, 0.2) is 36.5 Å². The van der Waals surface area contributed by atoms with Gasteiger partial charge in [-0.3, -0.25) is 9.89 Å². The number of hydrogen-bond acceptors (Lipinski definition) is 2. The predicted molar refractivity (Wildman–Crippen MR) is 86.4 cm³/mol. The highest BCUT2D eigenvalue weighted by Gasteiger charge is 2.12. The zero-order valence-electron chi connectivity index (χ0n) is 12.9. The molecular formula is C17H20N4O. The number of carbonyl (C=O) groups excluding carboxylic acids is 1. The number of fused-ring (bicyclic) bond motifs is 1. The van der Waals surface area contributed by atoms with E-state index in [2.05, 4.69) is 21.2 Å². The Hall–Kier alpha value is -2.56. The second-order valence-corrected chi connectivity index (χ2v) is 5.65. The fourth-order valence-corrected chi connectivity index (χ4v) is 2.66. The van der Waals surface area contributed by atoms with Crippen molar-refractivity contribution in [3.05, 3.63) is 53.5 Å². The zero-order valence-corrected chi connectivity index (χ0v) is 12.9. The molecule has 0 spiro atoms. The average molecular weight is 296 g/mol. The van der Waals surface area contributed by atoms with E-state index in [1.54, 1.807) is 4.90 Å². The number of para-hydroxylation sites is 1. The van der Waals surface area contributed by atoms with E-state index in [1.807, 2.05) is 44.4 Å². The molecule has 0 saturated carbocycles. The number of hydrogen-bond donors (Lipinski definition) is 2. The summed E-state index contributed by atoms with van der Waals surface area (Å²) in [5.41, 5.74) is 4.20. The summed E-state index contributed by atoms with van der Waals surface area (Å²) in [6.07, 6.45) is 3.24. The molecule has 2 heterocycles. The number of amides is 1. The summed E-state index contributed by atoms with van der Waals surface area (Å²) in [5.74, 6) is 0.130. The van der Waals surface area contributed by atoms with Gasteiger partial charge in [-0.25, -0.2) is 0 Å². The van der Waals surface area contributed by atoms with Crippen molar-refractivity contribution in [3.63, 3.8) is 0 Å². The Balaban J connectivity index is 1.59. The lowest BCUT2D eigenvalue weighted by Gasteiger charge is -2.15. The fourth-order valence-electron chi connectivity index (χ4n) is 2.66. The number of nitrogens with one attached hydrogen (secondary N) is 2. The van der Waals surface area contributed by atoms with Crippen LogP contribution in [0.4, 0.5) is 0 Å². The van der Waals surface area contributed by atoms with Crippen LogP contribution < -0.4 is 0 Å². The highest BCUT2D eigenvalue weighted by atomic mass is 16.2. The van der Waals surface area contributed by atoms with E-state index in [0.29, 0.717) is 13.0 Å². The molecule has 0 aliphatic carbocycles. The normalized spacial score (nSPS) is 11.0. The van der Waals surface area contributed by atoms with Crippen molar-refractivity contribution in [2.75, 3.05) is 7.05 Å². The molecular weight excluding hydrogens is 276 g/mol. The Kier molecular flexibility index (Phi) is 3.96. The number of aromatic amines is 2. The van der Waals surface area contributed by atoms with Crippen molar-refractivity contribution in [2.24, 2.45) is 0 Å². The second-order valence-electron chi connectivity index (χ2n) is 5.65. The molecule has 2 N–H and O–H groups in total. The Labute approximate surface area is 129 Å². The molecule has 0 radical (unpaired) electrons. The lowest BCUT2D eigenvalue weighted by molar-refractivity contribution is -0.130. The van der Waals surface area contributed by atoms with Gasteiger partial charge in [-0.15, -0.1) is 0 Å². The first kappa shape index (κ1) is 14.4. The minimum atomic E-state index is 0.130. The Bertz CT molecular complexity index is 787. The van der Waals surface area contributed by atoms with Crippen molar-refractivity contribution in [3.8, 4) is 0 Å². The minimum absolute atomic E-state index is 0.130. The van der Waals surface area contributed by atoms with Crippen LogP contribution in [0.1, 0.15) is 23.4 Å². The first-order valence-corrected chi connectivity index (χ1v) is 7.43. The standard InChI is InChI=1S/C17H20N4O/c1-12-9-14(20-19-12)11-21(2)17(22)8-7-13-10-18-16-6-4-3-5-15(13)16/h3-6,9-10,18H,7-8,11H2,1-2H3,(H,19,20). The molecule has 3 rings (SSSR count). The minimum Gasteiger partial charge on any atom is -0.361 e. The average Bonchev–Trinajstić information content (AvgIpc) is 3.11. The van der Waals surface area contributed by atoms with Crippen LogP contribution in [-0.2, 0) is 17.8 Å². The molecule has 0 atom stereocenters. The molecule has 0 aliphatic heterocycles. The number of H-pyrrole nitrogens is 2. The summed E-state index contributed by atoms with van der Waals surface area (Å²) >= 11 is 0. The fraction of sp³-hybridized carbons (Fsp3) is 0.294. The summed E-state index contributed by atoms with van der Waals surface area (Å²) < 4.78 is 0. The van der Waals surface area contributed by atoms with E-state index >= 15 is 0 Å². The van der Waals surface area contributed by atoms with Gasteiger partial charge in [-0.2, -0.15) is 5.10 Å². The maximum Gasteiger partial charge on any atom is 0.222 e. The van der Waals surface area contributed by atoms with E-state index in [1.165, 1.54) is 10.9 Å². The summed E-state index contributed by atoms with van der Waals surface area (Å²) in [6, 6.07) is 10.1. The topological polar surface area (TPSA) is 64.8 Å². The monoisotopic (exact) mass is 296 g/mol. The Morgan fingerprint density at radius 2 is 2.14 bits per heavy atom. The maximum atomic E-state index is 12.3. The van der Waals surface area contributed by atoms with Crippen LogP contribution >= 0.6 is 0 Å². The van der Waals surface area contributed by atoms with Crippen LogP contribution in [0, 0.1) is 6.92 Å². The van der Waals surface area contributed by atoms with Gasteiger partial charge in [0.25, 0.3) is 0 Å². The molecule has 5 nitrogen and oxygen atoms in total. The Morgan fingerprint density at radius 3 is 2.91 bits per heavy atom. The molecule has 0 fully saturated rings. The van der Waals surface area contributed by atoms with E-state index in [0.717, 1.165) is 23.3 Å². The maximum absolute atomic E-state index is 12.3. The van der Waals surface area contributed by atoms with Crippen molar-refractivity contribution < 1.29 is 4.79 Å². The molecule has 0 saturated heterocycles. The summed E-state index contributed by atoms with van der Waals surface area (Å²) in [6.45, 7) is 2.49. The first-order chi connectivity index (χ1) is 10.6. The summed E-state index contributed by atoms with van der Waals surface area (Å²) in [5, 5.41) is 8.26. The van der Waals surface area contributed by atoms with Gasteiger partial charge in [-0.05, 0) is 31.0 Å². The van der Waals surface area contributed by atoms with Gasteiger partial charge < -0.3 is 9.88 Å². The smallest absolute Gasteiger partial charge is 0.222 e. The number of rotatable bonds is 5. The van der Waals surface area contributed by atoms with Gasteiger partial charge in [0.15, 0.2) is 0 Å². The number of benzene rings is 1. The van der Waals surface area contributed by atoms with Gasteiger partial charge in [-0.1, -0.05) is 18.2 Å². The summed E-state index contributed by atoms with van der Waals surface area (Å²) in [7, 11) is 1.82. The van der Waals surface area contributed by atoms with E-state index in [9.17, 15) is 4.79 Å². The molecule has 22 heavy (non-hydrogen) atoms. The molecule has 0 aliphatic rings. The van der Waals surface area contributed by atoms with E-state index in [-0.39, 0.29) is 5.91 Å². The first-order valence-electron chi connectivity index (χ1n) is 7.43. The highest BCUT2D eigenvalue weighted by Crippen LogP contribution is 2.19. The largest absolute Gasteiger partial charge is 0.361 e. The third kappa shape index (κ3) is 3.03. The molecule has 5 heteroatoms. The second kappa shape index (κ2) is 6.05. The number of carbonyl (C=O) groups is 1. The van der Waals surface area contributed by atoms with Crippen LogP contribution in [0.25, 0.3) is 10.9 Å². The van der Waals surface area contributed by atoms with Crippen molar-refractivity contribution in [1.82, 2.24) is 20.1 Å². The molecule has 114 valence electrons. The van der Waals surface area contributed by atoms with Crippen LogP contribution in [-0.4, -0.2) is 33.0 Å². The molecule has 1 amide bonds. The molecule has 3 aromatic rings. The number of aryl methyl sites for hydroxylation is 2. The quantitative estimate of drug-likeness (QED) is 0.760. The summed E-state index contributed by atoms with van der Waals surface area (Å²) in [4.78, 5) is 17.2. The number of aromatic nitrogens is 3. The van der Waals surface area contributed by atoms with Gasteiger partial charge >= 0.3 is 0 Å². The molecule has 1 aromatic carbocycles. The van der Waals surface area contributed by atoms with Crippen molar-refractivity contribution in [1.29, 1.82) is 0 Å². The van der Waals surface area contributed by atoms with Crippen LogP contribution in [0.3, 0.4) is 0 Å². The predicted octanol–water partition coefficient (Wildman–Crippen LogP) is 2.79. The van der Waals surface area contributed by atoms with Gasteiger partial charge in [0.2, 0.25) is 5.91 Å². The Morgan fingerprint density at radius 1 is 1.32 bits per heavy atom. The van der Waals surface area contributed by atoms with Crippen molar-refractivity contribution in [2.45, 2.75) is 26.3 Å². The third-order valence-electron chi connectivity index (χ3n) is 3.87. The van der Waals surface area contributed by atoms with Gasteiger partial charge in [0.1, 0.15) is 0 Å². The SMILES string of the molecule is Cc1cc(CN(C)C(=O)CCc2c[nH]c3ccccc23)n[nH]1. The third-order valence-corrected chi connectivity index (χ3v) is 3.87. The van der Waals surface area contributed by atoms with Gasteiger partial charge in [0.05, 0.1) is 12.2 Å². The molecule has 0 bridgehead atoms. The highest BCUT2D eigenvalue weighted by molar-refractivity contribution is 5.84. The lowest BCUT2D eigenvalue weighted by atomic mass is 10.1. The lowest BCUT2D eigenvalue weighted by Crippen LogP contribution is -2.26. The van der Waals surface area contributed by atoms with Crippen LogP contribution in [0.2, 0.25) is 0 Å². The molecule has 2 aromatic heterocycles. The van der Waals surface area contributed by atoms with E-state index in [4.69, 9.17) is 0 Å². The van der Waals surface area contributed by atoms with Gasteiger partial charge in [0, 0.05) is 36.3 Å². The zero-order chi connectivity index (χ0) is 15.5.